The average molecular weight is 282 g/mol. The molecule has 17 heavy (non-hydrogen) atoms. The van der Waals surface area contributed by atoms with Gasteiger partial charge in [0.25, 0.3) is 0 Å². The van der Waals surface area contributed by atoms with Crippen LogP contribution in [0, 0.1) is 0 Å². The van der Waals surface area contributed by atoms with Crippen molar-refractivity contribution >= 4 is 32.9 Å². The van der Waals surface area contributed by atoms with Gasteiger partial charge < -0.3 is 0 Å². The lowest BCUT2D eigenvalue weighted by molar-refractivity contribution is 0.898. The topological polar surface area (TPSA) is 25.8 Å². The molecule has 0 amide bonds. The summed E-state index contributed by atoms with van der Waals surface area (Å²) in [4.78, 5) is 0. The molecule has 5 heteroatoms. The molecule has 0 aliphatic rings. The summed E-state index contributed by atoms with van der Waals surface area (Å²) in [6.07, 6.45) is 2.51. The number of hydrogen-bond acceptors (Lipinski definition) is 5. The van der Waals surface area contributed by atoms with E-state index < -0.39 is 0 Å². The fraction of sp³-hybridized carbons (Fsp3) is 0.333. The van der Waals surface area contributed by atoms with Gasteiger partial charge in [-0.1, -0.05) is 65.8 Å². The van der Waals surface area contributed by atoms with E-state index in [0.29, 0.717) is 0 Å². The van der Waals surface area contributed by atoms with E-state index in [1.807, 2.05) is 29.0 Å². The lowest BCUT2D eigenvalue weighted by atomic mass is 10.2. The predicted molar refractivity (Wildman–Crippen MR) is 78.6 cm³/mol. The molecule has 2 rings (SSSR count). The van der Waals surface area contributed by atoms with Gasteiger partial charge in [-0.15, -0.1) is 10.2 Å². The number of rotatable bonds is 6. The number of hydrogen-bond donors (Lipinski definition) is 0. The van der Waals surface area contributed by atoms with Gasteiger partial charge in [0.15, 0.2) is 4.34 Å². The minimum Gasteiger partial charge on any atom is -0.137 e. The molecule has 0 N–H and O–H groups in total. The molecular formula is C12H14N2S3. The van der Waals surface area contributed by atoms with E-state index in [1.165, 1.54) is 18.6 Å². The highest BCUT2D eigenvalue weighted by atomic mass is 33.1. The molecule has 2 aromatic rings. The van der Waals surface area contributed by atoms with Crippen molar-refractivity contribution in [3.8, 4) is 10.6 Å². The first-order valence-electron chi connectivity index (χ1n) is 5.58. The third-order valence-corrected chi connectivity index (χ3v) is 5.85. The molecular weight excluding hydrogens is 268 g/mol. The molecule has 1 heterocycles. The van der Waals surface area contributed by atoms with Gasteiger partial charge in [0, 0.05) is 11.3 Å². The number of benzene rings is 1. The zero-order valence-corrected chi connectivity index (χ0v) is 12.1. The van der Waals surface area contributed by atoms with Crippen LogP contribution in [0.5, 0.6) is 0 Å². The van der Waals surface area contributed by atoms with Crippen LogP contribution in [0.15, 0.2) is 34.7 Å². The minimum absolute atomic E-state index is 1.00. The van der Waals surface area contributed by atoms with Crippen LogP contribution < -0.4 is 0 Å². The second kappa shape index (κ2) is 7.03. The van der Waals surface area contributed by atoms with Crippen molar-refractivity contribution in [3.63, 3.8) is 0 Å². The van der Waals surface area contributed by atoms with E-state index in [9.17, 15) is 0 Å². The van der Waals surface area contributed by atoms with Gasteiger partial charge in [0.05, 0.1) is 0 Å². The summed E-state index contributed by atoms with van der Waals surface area (Å²) in [5, 5.41) is 9.42. The van der Waals surface area contributed by atoms with Crippen LogP contribution in [0.25, 0.3) is 10.6 Å². The van der Waals surface area contributed by atoms with Crippen LogP contribution in [-0.2, 0) is 0 Å². The molecule has 0 fully saturated rings. The molecule has 90 valence electrons. The van der Waals surface area contributed by atoms with Crippen LogP contribution in [0.2, 0.25) is 0 Å². The molecule has 0 unspecified atom stereocenters. The van der Waals surface area contributed by atoms with Gasteiger partial charge in [0.2, 0.25) is 0 Å². The smallest absolute Gasteiger partial charge is 0.137 e. The Labute approximate surface area is 114 Å². The fourth-order valence-corrected chi connectivity index (χ4v) is 4.60. The Kier molecular flexibility index (Phi) is 5.35. The number of unbranched alkanes of at least 4 members (excludes halogenated alkanes) is 1. The molecule has 2 nitrogen and oxygen atoms in total. The van der Waals surface area contributed by atoms with Crippen molar-refractivity contribution in [3.05, 3.63) is 30.3 Å². The first-order valence-corrected chi connectivity index (χ1v) is 8.72. The van der Waals surface area contributed by atoms with Crippen LogP contribution in [0.1, 0.15) is 19.8 Å². The van der Waals surface area contributed by atoms with Crippen LogP contribution in [-0.4, -0.2) is 16.0 Å². The van der Waals surface area contributed by atoms with Crippen LogP contribution in [0.3, 0.4) is 0 Å². The van der Waals surface area contributed by atoms with E-state index in [4.69, 9.17) is 0 Å². The zero-order valence-electron chi connectivity index (χ0n) is 9.63. The summed E-state index contributed by atoms with van der Waals surface area (Å²) < 4.78 is 1.05. The molecule has 0 bridgehead atoms. The quantitative estimate of drug-likeness (QED) is 0.564. The average Bonchev–Trinajstić information content (AvgIpc) is 2.85. The van der Waals surface area contributed by atoms with Crippen LogP contribution in [0.4, 0.5) is 0 Å². The second-order valence-electron chi connectivity index (χ2n) is 3.50. The Morgan fingerprint density at radius 2 is 2.00 bits per heavy atom. The summed E-state index contributed by atoms with van der Waals surface area (Å²) in [6, 6.07) is 10.2. The zero-order chi connectivity index (χ0) is 11.9. The summed E-state index contributed by atoms with van der Waals surface area (Å²) in [7, 11) is 3.60. The van der Waals surface area contributed by atoms with Crippen molar-refractivity contribution in [2.45, 2.75) is 24.1 Å². The molecule has 1 aromatic carbocycles. The van der Waals surface area contributed by atoms with Gasteiger partial charge in [-0.3, -0.25) is 0 Å². The first-order chi connectivity index (χ1) is 8.40. The maximum Gasteiger partial charge on any atom is 0.185 e. The van der Waals surface area contributed by atoms with E-state index in [1.54, 1.807) is 22.1 Å². The molecule has 1 aromatic heterocycles. The Hall–Kier alpha value is -0.520. The lowest BCUT2D eigenvalue weighted by Crippen LogP contribution is -1.75. The van der Waals surface area contributed by atoms with E-state index >= 15 is 0 Å². The van der Waals surface area contributed by atoms with E-state index in [-0.39, 0.29) is 0 Å². The summed E-state index contributed by atoms with van der Waals surface area (Å²) >= 11 is 1.66. The van der Waals surface area contributed by atoms with Gasteiger partial charge >= 0.3 is 0 Å². The van der Waals surface area contributed by atoms with E-state index in [0.717, 1.165) is 14.9 Å². The normalized spacial score (nSPS) is 10.6. The third kappa shape index (κ3) is 4.01. The van der Waals surface area contributed by atoms with Gasteiger partial charge in [-0.05, 0) is 17.2 Å². The third-order valence-electron chi connectivity index (χ3n) is 2.14. The molecule has 0 atom stereocenters. The van der Waals surface area contributed by atoms with Crippen LogP contribution >= 0.6 is 32.9 Å². The number of aromatic nitrogens is 2. The second-order valence-corrected chi connectivity index (χ2v) is 7.14. The molecule has 0 aliphatic carbocycles. The Morgan fingerprint density at radius 3 is 2.76 bits per heavy atom. The number of nitrogens with zero attached hydrogens (tertiary/aromatic N) is 2. The van der Waals surface area contributed by atoms with Crippen molar-refractivity contribution < 1.29 is 0 Å². The van der Waals surface area contributed by atoms with E-state index in [2.05, 4.69) is 29.3 Å². The summed E-state index contributed by atoms with van der Waals surface area (Å²) in [5.41, 5.74) is 1.15. The largest absolute Gasteiger partial charge is 0.185 e. The van der Waals surface area contributed by atoms with Crippen molar-refractivity contribution in [1.29, 1.82) is 0 Å². The maximum atomic E-state index is 4.22. The first kappa shape index (κ1) is 12.9. The Morgan fingerprint density at radius 1 is 1.18 bits per heavy atom. The minimum atomic E-state index is 1.00. The summed E-state index contributed by atoms with van der Waals surface area (Å²) in [5.74, 6) is 1.18. The Bertz CT molecular complexity index is 442. The van der Waals surface area contributed by atoms with Gasteiger partial charge in [-0.25, -0.2) is 0 Å². The van der Waals surface area contributed by atoms with Crippen molar-refractivity contribution in [2.24, 2.45) is 0 Å². The predicted octanol–water partition coefficient (Wildman–Crippen LogP) is 4.75. The monoisotopic (exact) mass is 282 g/mol. The Balaban J connectivity index is 1.92. The molecule has 0 saturated heterocycles. The maximum absolute atomic E-state index is 4.22. The highest BCUT2D eigenvalue weighted by molar-refractivity contribution is 8.77. The lowest BCUT2D eigenvalue weighted by Gasteiger charge is -1.94. The van der Waals surface area contributed by atoms with Crippen molar-refractivity contribution in [2.75, 3.05) is 5.75 Å². The molecule has 0 radical (unpaired) electrons. The van der Waals surface area contributed by atoms with Crippen molar-refractivity contribution in [1.82, 2.24) is 10.2 Å². The van der Waals surface area contributed by atoms with Gasteiger partial charge in [-0.2, -0.15) is 0 Å². The fourth-order valence-electron chi connectivity index (χ4n) is 1.24. The molecule has 0 saturated carbocycles. The summed E-state index contributed by atoms with van der Waals surface area (Å²) in [6.45, 7) is 2.21. The molecule has 0 spiro atoms. The molecule has 0 aliphatic heterocycles. The SMILES string of the molecule is CCCCSSc1nnc(-c2ccccc2)s1. The van der Waals surface area contributed by atoms with Gasteiger partial charge in [0.1, 0.15) is 5.01 Å². The highest BCUT2D eigenvalue weighted by Gasteiger charge is 2.06. The highest BCUT2D eigenvalue weighted by Crippen LogP contribution is 2.36. The standard InChI is InChI=1S/C12H14N2S3/c1-2-3-9-15-17-12-14-13-11(16-12)10-7-5-4-6-8-10/h4-8H,2-3,9H2,1H3.